The van der Waals surface area contributed by atoms with Crippen molar-refractivity contribution in [2.75, 3.05) is 5.75 Å². The fourth-order valence-corrected chi connectivity index (χ4v) is 2.73. The van der Waals surface area contributed by atoms with Crippen LogP contribution >= 0.6 is 11.8 Å². The third-order valence-corrected chi connectivity index (χ3v) is 4.15. The van der Waals surface area contributed by atoms with E-state index in [4.69, 9.17) is 0 Å². The second kappa shape index (κ2) is 6.45. The van der Waals surface area contributed by atoms with Crippen LogP contribution in [0.15, 0.2) is 5.03 Å². The van der Waals surface area contributed by atoms with E-state index in [1.54, 1.807) is 0 Å². The van der Waals surface area contributed by atoms with Crippen LogP contribution < -0.4 is 5.32 Å². The third kappa shape index (κ3) is 4.36. The van der Waals surface area contributed by atoms with Crippen molar-refractivity contribution >= 4 is 11.8 Å². The van der Waals surface area contributed by atoms with E-state index in [1.807, 2.05) is 23.5 Å². The van der Waals surface area contributed by atoms with Gasteiger partial charge in [-0.25, -0.2) is 0 Å². The molecule has 0 aliphatic rings. The van der Waals surface area contributed by atoms with E-state index in [1.165, 1.54) is 10.6 Å². The quantitative estimate of drug-likeness (QED) is 0.793. The monoisotopic (exact) mass is 255 g/mol. The molecule has 0 aliphatic carbocycles. The molecule has 1 aromatic rings. The van der Waals surface area contributed by atoms with Gasteiger partial charge in [-0.2, -0.15) is 5.10 Å². The van der Waals surface area contributed by atoms with Gasteiger partial charge in [0, 0.05) is 31.0 Å². The maximum atomic E-state index is 4.52. The fraction of sp³-hybridized carbons (Fsp3) is 0.769. The summed E-state index contributed by atoms with van der Waals surface area (Å²) >= 11 is 1.91. The summed E-state index contributed by atoms with van der Waals surface area (Å²) in [4.78, 5) is 0. The minimum absolute atomic E-state index is 0.512. The molecular weight excluding hydrogens is 230 g/mol. The van der Waals surface area contributed by atoms with Gasteiger partial charge in [0.15, 0.2) is 0 Å². The number of hydrogen-bond acceptors (Lipinski definition) is 3. The Morgan fingerprint density at radius 3 is 2.47 bits per heavy atom. The van der Waals surface area contributed by atoms with Crippen molar-refractivity contribution in [3.05, 3.63) is 11.3 Å². The number of thioether (sulfide) groups is 1. The van der Waals surface area contributed by atoms with Crippen LogP contribution in [0.4, 0.5) is 0 Å². The first-order chi connectivity index (χ1) is 7.91. The molecule has 3 nitrogen and oxygen atoms in total. The maximum absolute atomic E-state index is 4.52. The van der Waals surface area contributed by atoms with Crippen molar-refractivity contribution in [3.8, 4) is 0 Å². The molecule has 0 aromatic carbocycles. The van der Waals surface area contributed by atoms with E-state index < -0.39 is 0 Å². The van der Waals surface area contributed by atoms with Crippen molar-refractivity contribution in [2.24, 2.45) is 13.0 Å². The third-order valence-electron chi connectivity index (χ3n) is 2.53. The Kier molecular flexibility index (Phi) is 5.53. The minimum Gasteiger partial charge on any atom is -0.310 e. The average Bonchev–Trinajstić information content (AvgIpc) is 2.47. The molecule has 0 spiro atoms. The summed E-state index contributed by atoms with van der Waals surface area (Å²) in [6, 6.07) is 0.512. The molecule has 0 unspecified atom stereocenters. The molecule has 0 bridgehead atoms. The highest BCUT2D eigenvalue weighted by atomic mass is 32.2. The van der Waals surface area contributed by atoms with Crippen LogP contribution in [-0.2, 0) is 13.6 Å². The largest absolute Gasteiger partial charge is 0.310 e. The minimum atomic E-state index is 0.512. The normalized spacial score (nSPS) is 11.8. The molecule has 98 valence electrons. The summed E-state index contributed by atoms with van der Waals surface area (Å²) < 4.78 is 2.01. The van der Waals surface area contributed by atoms with Gasteiger partial charge in [-0.05, 0) is 12.8 Å². The molecule has 0 fully saturated rings. The van der Waals surface area contributed by atoms with E-state index in [0.717, 1.165) is 18.0 Å². The summed E-state index contributed by atoms with van der Waals surface area (Å²) in [5, 5.41) is 9.31. The van der Waals surface area contributed by atoms with Gasteiger partial charge in [0.2, 0.25) is 0 Å². The van der Waals surface area contributed by atoms with Crippen LogP contribution in [0.5, 0.6) is 0 Å². The van der Waals surface area contributed by atoms with Crippen molar-refractivity contribution in [2.45, 2.75) is 52.2 Å². The Labute approximate surface area is 109 Å². The molecule has 0 atom stereocenters. The van der Waals surface area contributed by atoms with Crippen LogP contribution in [0.1, 0.15) is 39.0 Å². The second-order valence-electron chi connectivity index (χ2n) is 5.23. The lowest BCUT2D eigenvalue weighted by atomic mass is 10.2. The summed E-state index contributed by atoms with van der Waals surface area (Å²) in [5.41, 5.74) is 2.50. The van der Waals surface area contributed by atoms with Gasteiger partial charge < -0.3 is 5.32 Å². The van der Waals surface area contributed by atoms with Crippen molar-refractivity contribution in [1.82, 2.24) is 15.1 Å². The lowest BCUT2D eigenvalue weighted by Crippen LogP contribution is -2.22. The summed E-state index contributed by atoms with van der Waals surface area (Å²) in [6.07, 6.45) is 0. The lowest BCUT2D eigenvalue weighted by molar-refractivity contribution is 0.580. The van der Waals surface area contributed by atoms with Crippen LogP contribution in [-0.4, -0.2) is 21.6 Å². The topological polar surface area (TPSA) is 29.9 Å². The summed E-state index contributed by atoms with van der Waals surface area (Å²) in [6.45, 7) is 11.9. The van der Waals surface area contributed by atoms with E-state index in [9.17, 15) is 0 Å². The first-order valence-corrected chi connectivity index (χ1v) is 7.29. The van der Waals surface area contributed by atoms with Gasteiger partial charge in [0.25, 0.3) is 0 Å². The highest BCUT2D eigenvalue weighted by Crippen LogP contribution is 2.26. The molecule has 0 radical (unpaired) electrons. The Morgan fingerprint density at radius 1 is 1.29 bits per heavy atom. The number of aryl methyl sites for hydroxylation is 2. The van der Waals surface area contributed by atoms with Gasteiger partial charge in [-0.15, -0.1) is 11.8 Å². The summed E-state index contributed by atoms with van der Waals surface area (Å²) in [7, 11) is 2.04. The maximum Gasteiger partial charge on any atom is 0.0984 e. The molecule has 1 aromatic heterocycles. The molecule has 0 saturated carbocycles. The summed E-state index contributed by atoms with van der Waals surface area (Å²) in [5.74, 6) is 1.86. The van der Waals surface area contributed by atoms with Crippen LogP contribution in [0.2, 0.25) is 0 Å². The van der Waals surface area contributed by atoms with Gasteiger partial charge in [0.05, 0.1) is 10.7 Å². The standard InChI is InChI=1S/C13H25N3S/c1-9(2)8-17-13-12(7-14-10(3)4)11(5)15-16(13)6/h9-10,14H,7-8H2,1-6H3. The molecule has 1 rings (SSSR count). The van der Waals surface area contributed by atoms with E-state index in [-0.39, 0.29) is 0 Å². The van der Waals surface area contributed by atoms with Crippen molar-refractivity contribution in [3.63, 3.8) is 0 Å². The predicted octanol–water partition coefficient (Wildman–Crippen LogP) is 2.97. The Morgan fingerprint density at radius 2 is 1.94 bits per heavy atom. The van der Waals surface area contributed by atoms with Gasteiger partial charge in [-0.1, -0.05) is 27.7 Å². The zero-order chi connectivity index (χ0) is 13.0. The Bertz CT molecular complexity index is 323. The number of nitrogens with one attached hydrogen (secondary N) is 1. The lowest BCUT2D eigenvalue weighted by Gasteiger charge is -2.11. The first-order valence-electron chi connectivity index (χ1n) is 6.30. The van der Waals surface area contributed by atoms with Crippen LogP contribution in [0, 0.1) is 12.8 Å². The highest BCUT2D eigenvalue weighted by molar-refractivity contribution is 7.99. The average molecular weight is 255 g/mol. The Balaban J connectivity index is 2.78. The Hall–Kier alpha value is -0.480. The zero-order valence-electron chi connectivity index (χ0n) is 11.9. The molecule has 0 saturated heterocycles. The first kappa shape index (κ1) is 14.6. The van der Waals surface area contributed by atoms with Crippen molar-refractivity contribution in [1.29, 1.82) is 0 Å². The number of nitrogens with zero attached hydrogens (tertiary/aromatic N) is 2. The fourth-order valence-electron chi connectivity index (χ4n) is 1.62. The predicted molar refractivity (Wildman–Crippen MR) is 75.5 cm³/mol. The number of rotatable bonds is 6. The highest BCUT2D eigenvalue weighted by Gasteiger charge is 2.14. The zero-order valence-corrected chi connectivity index (χ0v) is 12.7. The SMILES string of the molecule is Cc1nn(C)c(SCC(C)C)c1CNC(C)C. The molecular formula is C13H25N3S. The van der Waals surface area contributed by atoms with Crippen LogP contribution in [0.25, 0.3) is 0 Å². The molecule has 0 amide bonds. The second-order valence-corrected chi connectivity index (χ2v) is 6.24. The van der Waals surface area contributed by atoms with Gasteiger partial charge in [-0.3, -0.25) is 4.68 Å². The number of aromatic nitrogens is 2. The van der Waals surface area contributed by atoms with Crippen molar-refractivity contribution < 1.29 is 0 Å². The van der Waals surface area contributed by atoms with E-state index >= 15 is 0 Å². The number of hydrogen-bond donors (Lipinski definition) is 1. The molecule has 4 heteroatoms. The molecule has 0 aliphatic heterocycles. The van der Waals surface area contributed by atoms with Gasteiger partial charge in [0.1, 0.15) is 0 Å². The van der Waals surface area contributed by atoms with Gasteiger partial charge >= 0.3 is 0 Å². The smallest absolute Gasteiger partial charge is 0.0984 e. The van der Waals surface area contributed by atoms with Crippen LogP contribution in [0.3, 0.4) is 0 Å². The van der Waals surface area contributed by atoms with E-state index in [0.29, 0.717) is 12.0 Å². The molecule has 1 heterocycles. The molecule has 17 heavy (non-hydrogen) atoms. The van der Waals surface area contributed by atoms with E-state index in [2.05, 4.69) is 45.0 Å². The molecule has 1 N–H and O–H groups in total.